The number of methoxy groups -OCH3 is 1. The molecular formula is C21H27N3OS. The fourth-order valence-electron chi connectivity index (χ4n) is 4.24. The van der Waals surface area contributed by atoms with E-state index in [1.165, 1.54) is 43.4 Å². The Balaban J connectivity index is 1.60. The topological polar surface area (TPSA) is 29.4 Å². The number of fused-ring (bicyclic) bond motifs is 1. The van der Waals surface area contributed by atoms with E-state index in [2.05, 4.69) is 45.2 Å². The second-order valence-electron chi connectivity index (χ2n) is 7.28. The number of hydrogen-bond acceptors (Lipinski definition) is 2. The third kappa shape index (κ3) is 3.45. The third-order valence-electron chi connectivity index (χ3n) is 5.66. The molecule has 0 spiro atoms. The zero-order valence-corrected chi connectivity index (χ0v) is 16.2. The Morgan fingerprint density at radius 1 is 1.08 bits per heavy atom. The highest BCUT2D eigenvalue weighted by atomic mass is 32.1. The largest absolute Gasteiger partial charge is 0.497 e. The number of thiocarbonyl (C=S) groups is 1. The van der Waals surface area contributed by atoms with Crippen molar-refractivity contribution < 1.29 is 4.74 Å². The van der Waals surface area contributed by atoms with Crippen LogP contribution in [0.15, 0.2) is 42.6 Å². The van der Waals surface area contributed by atoms with Crippen LogP contribution in [0.3, 0.4) is 0 Å². The molecule has 1 fully saturated rings. The summed E-state index contributed by atoms with van der Waals surface area (Å²) in [7, 11) is 1.70. The Morgan fingerprint density at radius 2 is 1.85 bits per heavy atom. The number of hydrogen-bond donors (Lipinski definition) is 1. The molecule has 2 aromatic rings. The van der Waals surface area contributed by atoms with Crippen LogP contribution < -0.4 is 10.1 Å². The number of nitrogens with one attached hydrogen (secondary N) is 1. The molecule has 138 valence electrons. The first kappa shape index (κ1) is 17.4. The molecule has 0 radical (unpaired) electrons. The Morgan fingerprint density at radius 3 is 2.58 bits per heavy atom. The lowest BCUT2D eigenvalue weighted by Gasteiger charge is -2.40. The van der Waals surface area contributed by atoms with Gasteiger partial charge in [-0.1, -0.05) is 31.4 Å². The minimum atomic E-state index is 0.147. The Kier molecular flexibility index (Phi) is 5.16. The molecule has 0 bridgehead atoms. The maximum absolute atomic E-state index is 5.86. The van der Waals surface area contributed by atoms with Crippen LogP contribution in [-0.2, 0) is 6.54 Å². The van der Waals surface area contributed by atoms with Gasteiger partial charge in [0.05, 0.1) is 13.2 Å². The van der Waals surface area contributed by atoms with Crippen molar-refractivity contribution in [3.8, 4) is 5.75 Å². The quantitative estimate of drug-likeness (QED) is 0.825. The van der Waals surface area contributed by atoms with E-state index in [1.807, 2.05) is 12.1 Å². The van der Waals surface area contributed by atoms with Crippen LogP contribution in [-0.4, -0.2) is 34.3 Å². The van der Waals surface area contributed by atoms with Crippen LogP contribution in [0.4, 0.5) is 0 Å². The first-order valence-electron chi connectivity index (χ1n) is 9.62. The summed E-state index contributed by atoms with van der Waals surface area (Å²) in [4.78, 5) is 2.36. The fourth-order valence-corrected chi connectivity index (χ4v) is 4.61. The first-order valence-corrected chi connectivity index (χ1v) is 10.0. The van der Waals surface area contributed by atoms with Gasteiger partial charge in [-0.3, -0.25) is 0 Å². The molecule has 5 heteroatoms. The molecule has 0 amide bonds. The van der Waals surface area contributed by atoms with E-state index in [-0.39, 0.29) is 6.04 Å². The Bertz CT molecular complexity index is 749. The zero-order chi connectivity index (χ0) is 17.9. The lowest BCUT2D eigenvalue weighted by atomic mass is 9.95. The summed E-state index contributed by atoms with van der Waals surface area (Å²) in [5, 5.41) is 4.55. The van der Waals surface area contributed by atoms with E-state index in [1.54, 1.807) is 7.11 Å². The summed E-state index contributed by atoms with van der Waals surface area (Å²) in [6, 6.07) is 13.4. The van der Waals surface area contributed by atoms with Crippen molar-refractivity contribution in [3.05, 3.63) is 53.9 Å². The molecule has 1 saturated carbocycles. The van der Waals surface area contributed by atoms with Crippen molar-refractivity contribution in [1.82, 2.24) is 14.8 Å². The van der Waals surface area contributed by atoms with E-state index in [9.17, 15) is 0 Å². The lowest BCUT2D eigenvalue weighted by molar-refractivity contribution is 0.278. The minimum absolute atomic E-state index is 0.147. The number of rotatable bonds is 3. The standard InChI is InChI=1S/C21H27N3OS/c1-25-18-11-9-16(10-12-18)20-19-8-5-13-23(19)14-15-24(20)21(26)22-17-6-3-2-4-7-17/h5,8-13,17,20H,2-4,6-7,14-15H2,1H3,(H,22,26). The third-order valence-corrected chi connectivity index (χ3v) is 6.02. The van der Waals surface area contributed by atoms with Crippen LogP contribution >= 0.6 is 12.2 Å². The summed E-state index contributed by atoms with van der Waals surface area (Å²) >= 11 is 5.86. The molecular weight excluding hydrogens is 342 g/mol. The van der Waals surface area contributed by atoms with E-state index in [4.69, 9.17) is 17.0 Å². The van der Waals surface area contributed by atoms with E-state index >= 15 is 0 Å². The molecule has 4 rings (SSSR count). The molecule has 2 aliphatic rings. The van der Waals surface area contributed by atoms with Crippen LogP contribution in [0.5, 0.6) is 5.75 Å². The van der Waals surface area contributed by atoms with Crippen molar-refractivity contribution in [1.29, 1.82) is 0 Å². The maximum atomic E-state index is 5.86. The van der Waals surface area contributed by atoms with Gasteiger partial charge in [-0.15, -0.1) is 0 Å². The molecule has 26 heavy (non-hydrogen) atoms. The molecule has 1 aromatic carbocycles. The predicted molar refractivity (Wildman–Crippen MR) is 109 cm³/mol. The monoisotopic (exact) mass is 369 g/mol. The zero-order valence-electron chi connectivity index (χ0n) is 15.4. The summed E-state index contributed by atoms with van der Waals surface area (Å²) in [5.41, 5.74) is 2.55. The SMILES string of the molecule is COc1ccc(C2c3cccn3CCN2C(=S)NC2CCCCC2)cc1. The molecule has 1 aliphatic carbocycles. The Labute approximate surface area is 161 Å². The predicted octanol–water partition coefficient (Wildman–Crippen LogP) is 4.11. The van der Waals surface area contributed by atoms with Crippen LogP contribution in [0.25, 0.3) is 0 Å². The highest BCUT2D eigenvalue weighted by Gasteiger charge is 2.31. The second kappa shape index (κ2) is 7.70. The molecule has 1 N–H and O–H groups in total. The number of benzene rings is 1. The maximum Gasteiger partial charge on any atom is 0.170 e. The van der Waals surface area contributed by atoms with Crippen molar-refractivity contribution in [2.45, 2.75) is 50.7 Å². The molecule has 0 saturated heterocycles. The van der Waals surface area contributed by atoms with E-state index in [0.717, 1.165) is 24.0 Å². The van der Waals surface area contributed by atoms with Crippen molar-refractivity contribution >= 4 is 17.3 Å². The first-order chi connectivity index (χ1) is 12.8. The molecule has 2 heterocycles. The van der Waals surface area contributed by atoms with Gasteiger partial charge >= 0.3 is 0 Å². The van der Waals surface area contributed by atoms with Gasteiger partial charge in [0.2, 0.25) is 0 Å². The van der Waals surface area contributed by atoms with Gasteiger partial charge in [0.25, 0.3) is 0 Å². The average molecular weight is 370 g/mol. The number of ether oxygens (including phenoxy) is 1. The van der Waals surface area contributed by atoms with Gasteiger partial charge < -0.3 is 19.5 Å². The van der Waals surface area contributed by atoms with E-state index in [0.29, 0.717) is 6.04 Å². The van der Waals surface area contributed by atoms with Crippen molar-refractivity contribution in [2.75, 3.05) is 13.7 Å². The molecule has 1 atom stereocenters. The average Bonchev–Trinajstić information content (AvgIpc) is 3.17. The van der Waals surface area contributed by atoms with Gasteiger partial charge in [-0.25, -0.2) is 0 Å². The normalized spacial score (nSPS) is 20.5. The van der Waals surface area contributed by atoms with Gasteiger partial charge in [0, 0.05) is 31.0 Å². The van der Waals surface area contributed by atoms with Crippen LogP contribution in [0.1, 0.15) is 49.4 Å². The fraction of sp³-hybridized carbons (Fsp3) is 0.476. The molecule has 1 unspecified atom stereocenters. The molecule has 1 aromatic heterocycles. The summed E-state index contributed by atoms with van der Waals surface area (Å²) < 4.78 is 7.67. The van der Waals surface area contributed by atoms with Crippen LogP contribution in [0, 0.1) is 0 Å². The number of aromatic nitrogens is 1. The summed E-state index contributed by atoms with van der Waals surface area (Å²) in [6.07, 6.45) is 8.61. The van der Waals surface area contributed by atoms with E-state index < -0.39 is 0 Å². The highest BCUT2D eigenvalue weighted by Crippen LogP contribution is 2.33. The highest BCUT2D eigenvalue weighted by molar-refractivity contribution is 7.80. The van der Waals surface area contributed by atoms with Crippen LogP contribution in [0.2, 0.25) is 0 Å². The number of nitrogens with zero attached hydrogens (tertiary/aromatic N) is 2. The van der Waals surface area contributed by atoms with Gasteiger partial charge in [0.15, 0.2) is 5.11 Å². The van der Waals surface area contributed by atoms with Crippen molar-refractivity contribution in [2.24, 2.45) is 0 Å². The van der Waals surface area contributed by atoms with Gasteiger partial charge in [-0.05, 0) is 54.9 Å². The summed E-state index contributed by atoms with van der Waals surface area (Å²) in [6.45, 7) is 1.90. The Hall–Kier alpha value is -2.01. The molecule has 1 aliphatic heterocycles. The second-order valence-corrected chi connectivity index (χ2v) is 7.67. The summed E-state index contributed by atoms with van der Waals surface area (Å²) in [5.74, 6) is 0.884. The molecule has 4 nitrogen and oxygen atoms in total. The minimum Gasteiger partial charge on any atom is -0.497 e. The smallest absolute Gasteiger partial charge is 0.170 e. The van der Waals surface area contributed by atoms with Gasteiger partial charge in [0.1, 0.15) is 5.75 Å². The lowest BCUT2D eigenvalue weighted by Crippen LogP contribution is -2.50. The van der Waals surface area contributed by atoms with Gasteiger partial charge in [-0.2, -0.15) is 0 Å². The van der Waals surface area contributed by atoms with Crippen molar-refractivity contribution in [3.63, 3.8) is 0 Å².